The van der Waals surface area contributed by atoms with E-state index in [0.29, 0.717) is 20.9 Å². The molecule has 3 aromatic carbocycles. The van der Waals surface area contributed by atoms with Gasteiger partial charge < -0.3 is 0 Å². The van der Waals surface area contributed by atoms with E-state index in [0.717, 1.165) is 21.7 Å². The van der Waals surface area contributed by atoms with Gasteiger partial charge in [0.1, 0.15) is 4.83 Å². The third-order valence-electron chi connectivity index (χ3n) is 5.38. The molecule has 0 unspecified atom stereocenters. The minimum absolute atomic E-state index is 0.00175. The van der Waals surface area contributed by atoms with Crippen molar-refractivity contribution in [3.05, 3.63) is 112 Å². The average Bonchev–Trinajstić information content (AvgIpc) is 3.20. The van der Waals surface area contributed by atoms with E-state index in [1.165, 1.54) is 23.1 Å². The summed E-state index contributed by atoms with van der Waals surface area (Å²) in [5.74, 6) is 0.201. The Morgan fingerprint density at radius 3 is 2.18 bits per heavy atom. The van der Waals surface area contributed by atoms with E-state index >= 15 is 0 Å². The number of carbonyl (C=O) groups is 1. The van der Waals surface area contributed by atoms with Crippen molar-refractivity contribution in [1.29, 1.82) is 0 Å². The molecule has 0 aliphatic rings. The number of thioether (sulfide) groups is 1. The maximum Gasteiger partial charge on any atom is 0.268 e. The first-order valence-corrected chi connectivity index (χ1v) is 12.3. The fraction of sp³-hybridized carbons (Fsp3) is 0.0741. The van der Waals surface area contributed by atoms with Gasteiger partial charge in [0.2, 0.25) is 0 Å². The lowest BCUT2D eigenvalue weighted by molar-refractivity contribution is 0.102. The van der Waals surface area contributed by atoms with E-state index in [4.69, 9.17) is 4.98 Å². The van der Waals surface area contributed by atoms with E-state index in [2.05, 4.69) is 0 Å². The predicted octanol–water partition coefficient (Wildman–Crippen LogP) is 6.40. The summed E-state index contributed by atoms with van der Waals surface area (Å²) in [5, 5.41) is 1.13. The quantitative estimate of drug-likeness (QED) is 0.164. The molecule has 6 heteroatoms. The van der Waals surface area contributed by atoms with Gasteiger partial charge in [-0.05, 0) is 24.6 Å². The van der Waals surface area contributed by atoms with Crippen molar-refractivity contribution in [2.45, 2.75) is 12.1 Å². The zero-order chi connectivity index (χ0) is 22.8. The standard InChI is InChI=1S/C27H20N2O2S2/c1-18-23(20-13-7-3-8-14-20)24-25(33-18)28-27(29(26(24)31)21-15-9-4-10-16-21)32-17-22(30)19-11-5-2-6-12-19/h2-16H,17H2,1H3. The summed E-state index contributed by atoms with van der Waals surface area (Å²) in [4.78, 5) is 33.2. The number of aryl methyl sites for hydroxylation is 1. The number of benzene rings is 3. The molecule has 0 saturated heterocycles. The van der Waals surface area contributed by atoms with Gasteiger partial charge in [0, 0.05) is 16.0 Å². The molecule has 0 atom stereocenters. The van der Waals surface area contributed by atoms with Gasteiger partial charge in [-0.25, -0.2) is 4.98 Å². The van der Waals surface area contributed by atoms with Crippen LogP contribution in [0.15, 0.2) is 101 Å². The van der Waals surface area contributed by atoms with Crippen molar-refractivity contribution in [3.8, 4) is 16.8 Å². The van der Waals surface area contributed by atoms with Crippen molar-refractivity contribution in [3.63, 3.8) is 0 Å². The molecular weight excluding hydrogens is 448 g/mol. The van der Waals surface area contributed by atoms with Crippen LogP contribution in [0.25, 0.3) is 27.0 Å². The number of fused-ring (bicyclic) bond motifs is 1. The Morgan fingerprint density at radius 2 is 1.52 bits per heavy atom. The largest absolute Gasteiger partial charge is 0.293 e. The molecule has 0 bridgehead atoms. The Morgan fingerprint density at radius 1 is 0.909 bits per heavy atom. The summed E-state index contributed by atoms with van der Waals surface area (Å²) < 4.78 is 1.63. The van der Waals surface area contributed by atoms with Crippen LogP contribution in [0.1, 0.15) is 15.2 Å². The van der Waals surface area contributed by atoms with Crippen molar-refractivity contribution in [1.82, 2.24) is 9.55 Å². The van der Waals surface area contributed by atoms with Gasteiger partial charge in [-0.2, -0.15) is 0 Å². The molecule has 162 valence electrons. The van der Waals surface area contributed by atoms with Crippen molar-refractivity contribution >= 4 is 39.1 Å². The third-order valence-corrected chi connectivity index (χ3v) is 7.31. The smallest absolute Gasteiger partial charge is 0.268 e. The van der Waals surface area contributed by atoms with Crippen LogP contribution in [0.4, 0.5) is 0 Å². The molecule has 5 aromatic rings. The summed E-state index contributed by atoms with van der Waals surface area (Å²) in [5.41, 5.74) is 3.19. The summed E-state index contributed by atoms with van der Waals surface area (Å²) in [6, 6.07) is 28.6. The summed E-state index contributed by atoms with van der Waals surface area (Å²) >= 11 is 2.81. The van der Waals surface area contributed by atoms with E-state index in [9.17, 15) is 9.59 Å². The second kappa shape index (κ2) is 9.17. The predicted molar refractivity (Wildman–Crippen MR) is 137 cm³/mol. The fourth-order valence-electron chi connectivity index (χ4n) is 3.83. The number of rotatable bonds is 6. The van der Waals surface area contributed by atoms with Crippen LogP contribution >= 0.6 is 23.1 Å². The highest BCUT2D eigenvalue weighted by atomic mass is 32.2. The van der Waals surface area contributed by atoms with E-state index in [1.807, 2.05) is 85.8 Å². The number of aromatic nitrogens is 2. The highest BCUT2D eigenvalue weighted by molar-refractivity contribution is 7.99. The van der Waals surface area contributed by atoms with Crippen LogP contribution in [-0.2, 0) is 0 Å². The lowest BCUT2D eigenvalue weighted by Gasteiger charge is -2.12. The Bertz CT molecular complexity index is 1490. The second-order valence-corrected chi connectivity index (χ2v) is 9.67. The highest BCUT2D eigenvalue weighted by Crippen LogP contribution is 2.37. The Kier molecular flexibility index (Phi) is 5.94. The number of nitrogens with zero attached hydrogens (tertiary/aromatic N) is 2. The molecule has 5 rings (SSSR count). The second-order valence-electron chi connectivity index (χ2n) is 7.53. The first-order valence-electron chi connectivity index (χ1n) is 10.5. The van der Waals surface area contributed by atoms with Gasteiger partial charge in [0.25, 0.3) is 5.56 Å². The monoisotopic (exact) mass is 468 g/mol. The molecule has 0 aliphatic carbocycles. The number of ketones is 1. The minimum Gasteiger partial charge on any atom is -0.293 e. The molecule has 4 nitrogen and oxygen atoms in total. The van der Waals surface area contributed by atoms with Gasteiger partial charge in [-0.1, -0.05) is 90.6 Å². The van der Waals surface area contributed by atoms with Gasteiger partial charge in [-0.15, -0.1) is 11.3 Å². The Hall–Kier alpha value is -3.48. The SMILES string of the molecule is Cc1sc2nc(SCC(=O)c3ccccc3)n(-c3ccccc3)c(=O)c2c1-c1ccccc1. The third kappa shape index (κ3) is 4.15. The van der Waals surface area contributed by atoms with E-state index < -0.39 is 0 Å². The van der Waals surface area contributed by atoms with Gasteiger partial charge in [0.15, 0.2) is 10.9 Å². The molecule has 0 N–H and O–H groups in total. The van der Waals surface area contributed by atoms with E-state index in [1.54, 1.807) is 16.7 Å². The lowest BCUT2D eigenvalue weighted by atomic mass is 10.0. The fourth-order valence-corrected chi connectivity index (χ4v) is 5.83. The van der Waals surface area contributed by atoms with Crippen molar-refractivity contribution in [2.75, 3.05) is 5.75 Å². The van der Waals surface area contributed by atoms with Gasteiger partial charge >= 0.3 is 0 Å². The number of hydrogen-bond donors (Lipinski definition) is 0. The minimum atomic E-state index is -0.121. The summed E-state index contributed by atoms with van der Waals surface area (Å²) in [7, 11) is 0. The first-order chi connectivity index (χ1) is 16.1. The van der Waals surface area contributed by atoms with Crippen LogP contribution < -0.4 is 5.56 Å². The Labute approximate surface area is 199 Å². The summed E-state index contributed by atoms with van der Waals surface area (Å²) in [6.07, 6.45) is 0. The molecule has 33 heavy (non-hydrogen) atoms. The highest BCUT2D eigenvalue weighted by Gasteiger charge is 2.21. The molecule has 2 aromatic heterocycles. The summed E-state index contributed by atoms with van der Waals surface area (Å²) in [6.45, 7) is 2.02. The van der Waals surface area contributed by atoms with Gasteiger partial charge in [0.05, 0.1) is 16.8 Å². The number of hydrogen-bond acceptors (Lipinski definition) is 5. The molecule has 0 saturated carbocycles. The number of Topliss-reactive ketones (excluding diaryl/α,β-unsaturated/α-hetero) is 1. The average molecular weight is 469 g/mol. The van der Waals surface area contributed by atoms with Crippen molar-refractivity contribution < 1.29 is 4.79 Å². The van der Waals surface area contributed by atoms with Crippen LogP contribution in [0.2, 0.25) is 0 Å². The maximum absolute atomic E-state index is 13.9. The zero-order valence-corrected chi connectivity index (χ0v) is 19.5. The molecule has 0 spiro atoms. The van der Waals surface area contributed by atoms with Crippen LogP contribution in [-0.4, -0.2) is 21.1 Å². The van der Waals surface area contributed by atoms with Crippen LogP contribution in [0.3, 0.4) is 0 Å². The molecule has 0 radical (unpaired) electrons. The zero-order valence-electron chi connectivity index (χ0n) is 17.9. The van der Waals surface area contributed by atoms with Gasteiger partial charge in [-0.3, -0.25) is 14.2 Å². The van der Waals surface area contributed by atoms with E-state index in [-0.39, 0.29) is 17.1 Å². The maximum atomic E-state index is 13.9. The van der Waals surface area contributed by atoms with Crippen molar-refractivity contribution in [2.24, 2.45) is 0 Å². The molecular formula is C27H20N2O2S2. The lowest BCUT2D eigenvalue weighted by Crippen LogP contribution is -2.22. The van der Waals surface area contributed by atoms with Crippen LogP contribution in [0, 0.1) is 6.92 Å². The Balaban J connectivity index is 1.66. The number of carbonyl (C=O) groups excluding carboxylic acids is 1. The molecule has 2 heterocycles. The molecule has 0 fully saturated rings. The molecule has 0 aliphatic heterocycles. The topological polar surface area (TPSA) is 52.0 Å². The number of thiophene rings is 1. The molecule has 0 amide bonds. The number of para-hydroxylation sites is 1. The normalized spacial score (nSPS) is 11.1. The van der Waals surface area contributed by atoms with Crippen LogP contribution in [0.5, 0.6) is 0 Å². The first kappa shape index (κ1) is 21.4.